The molecule has 0 aromatic heterocycles. The maximum Gasteiger partial charge on any atom is 0.192 e. The molecule has 0 fully saturated rings. The molecule has 0 aliphatic carbocycles. The molecule has 0 N–H and O–H groups in total. The molecule has 2 nitrogen and oxygen atoms in total. The third-order valence-corrected chi connectivity index (χ3v) is 8.02. The van der Waals surface area contributed by atoms with Crippen LogP contribution in [-0.2, 0) is 4.43 Å². The zero-order valence-corrected chi connectivity index (χ0v) is 13.0. The molecule has 0 heterocycles. The minimum absolute atomic E-state index is 0.116. The van der Waals surface area contributed by atoms with Gasteiger partial charge in [0.2, 0.25) is 0 Å². The van der Waals surface area contributed by atoms with Gasteiger partial charge in [-0.1, -0.05) is 34.6 Å². The first-order valence-corrected chi connectivity index (χ1v) is 8.94. The first-order valence-electron chi connectivity index (χ1n) is 6.03. The van der Waals surface area contributed by atoms with E-state index >= 15 is 0 Å². The van der Waals surface area contributed by atoms with Crippen LogP contribution in [0.2, 0.25) is 18.1 Å². The number of nitrogens with zero attached hydrogens (tertiary/aromatic N) is 1. The average Bonchev–Trinajstić information content (AvgIpc) is 2.10. The van der Waals surface area contributed by atoms with Crippen molar-refractivity contribution in [1.29, 1.82) is 5.26 Å². The second-order valence-corrected chi connectivity index (χ2v) is 11.7. The summed E-state index contributed by atoms with van der Waals surface area (Å²) in [6.45, 7) is 16.4. The Hall–Kier alpha value is -0.333. The normalized spacial score (nSPS) is 13.6. The molecule has 0 bridgehead atoms. The van der Waals surface area contributed by atoms with Crippen LogP contribution in [0.3, 0.4) is 0 Å². The van der Waals surface area contributed by atoms with Crippen LogP contribution in [0.25, 0.3) is 0 Å². The lowest BCUT2D eigenvalue weighted by molar-refractivity contribution is 0.157. The van der Waals surface area contributed by atoms with Crippen molar-refractivity contribution in [2.45, 2.75) is 65.6 Å². The zero-order chi connectivity index (χ0) is 13.0. The van der Waals surface area contributed by atoms with Gasteiger partial charge in [0.1, 0.15) is 0 Å². The van der Waals surface area contributed by atoms with E-state index in [1.54, 1.807) is 0 Å². The highest BCUT2D eigenvalue weighted by atomic mass is 28.4. The van der Waals surface area contributed by atoms with Crippen molar-refractivity contribution in [3.05, 3.63) is 0 Å². The summed E-state index contributed by atoms with van der Waals surface area (Å²) in [5.41, 5.74) is 0.116. The van der Waals surface area contributed by atoms with Crippen molar-refractivity contribution in [2.75, 3.05) is 6.61 Å². The topological polar surface area (TPSA) is 33.0 Å². The Morgan fingerprint density at radius 3 is 2.00 bits per heavy atom. The number of rotatable bonds is 5. The highest BCUT2D eigenvalue weighted by molar-refractivity contribution is 6.74. The Bertz CT molecular complexity index is 258. The number of nitriles is 1. The molecule has 3 heteroatoms. The average molecular weight is 241 g/mol. The summed E-state index contributed by atoms with van der Waals surface area (Å²) >= 11 is 0. The summed E-state index contributed by atoms with van der Waals surface area (Å²) < 4.78 is 6.19. The van der Waals surface area contributed by atoms with E-state index in [9.17, 15) is 0 Å². The number of hydrogen-bond donors (Lipinski definition) is 0. The van der Waals surface area contributed by atoms with Gasteiger partial charge in [-0.15, -0.1) is 0 Å². The maximum atomic E-state index is 8.60. The largest absolute Gasteiger partial charge is 0.416 e. The lowest BCUT2D eigenvalue weighted by Crippen LogP contribution is -2.43. The summed E-state index contributed by atoms with van der Waals surface area (Å²) in [5.74, 6) is 0. The predicted octanol–water partition coefficient (Wildman–Crippen LogP) is 4.34. The second-order valence-electron chi connectivity index (χ2n) is 6.87. The number of hydrogen-bond acceptors (Lipinski definition) is 2. The van der Waals surface area contributed by atoms with E-state index in [1.807, 2.05) is 0 Å². The van der Waals surface area contributed by atoms with E-state index < -0.39 is 8.32 Å². The first-order chi connectivity index (χ1) is 7.02. The molecule has 0 aliphatic rings. The molecule has 0 saturated carbocycles. The molecule has 16 heavy (non-hydrogen) atoms. The molecule has 94 valence electrons. The molecule has 0 aromatic carbocycles. The Labute approximate surface area is 102 Å². The van der Waals surface area contributed by atoms with Crippen molar-refractivity contribution >= 4 is 8.32 Å². The van der Waals surface area contributed by atoms with Crippen molar-refractivity contribution in [1.82, 2.24) is 0 Å². The molecule has 0 radical (unpaired) electrons. The SMILES string of the molecule is CC(C)(CCC#N)CO[Si](C)(C)C(C)(C)C. The van der Waals surface area contributed by atoms with Crippen molar-refractivity contribution in [3.8, 4) is 6.07 Å². The van der Waals surface area contributed by atoms with Crippen LogP contribution in [0.5, 0.6) is 0 Å². The van der Waals surface area contributed by atoms with Gasteiger partial charge >= 0.3 is 0 Å². The zero-order valence-electron chi connectivity index (χ0n) is 12.0. The second kappa shape index (κ2) is 5.33. The lowest BCUT2D eigenvalue weighted by atomic mass is 9.89. The highest BCUT2D eigenvalue weighted by Crippen LogP contribution is 2.38. The molecular formula is C13H27NOSi. The van der Waals surface area contributed by atoms with Crippen LogP contribution in [0.1, 0.15) is 47.5 Å². The van der Waals surface area contributed by atoms with Crippen molar-refractivity contribution < 1.29 is 4.43 Å². The van der Waals surface area contributed by atoms with Crippen molar-refractivity contribution in [3.63, 3.8) is 0 Å². The van der Waals surface area contributed by atoms with E-state index in [2.05, 4.69) is 53.8 Å². The van der Waals surface area contributed by atoms with E-state index in [0.29, 0.717) is 6.42 Å². The van der Waals surface area contributed by atoms with Crippen molar-refractivity contribution in [2.24, 2.45) is 5.41 Å². The third-order valence-electron chi connectivity index (χ3n) is 3.54. The van der Waals surface area contributed by atoms with Gasteiger partial charge in [-0.3, -0.25) is 0 Å². The predicted molar refractivity (Wildman–Crippen MR) is 71.8 cm³/mol. The monoisotopic (exact) mass is 241 g/mol. The fourth-order valence-electron chi connectivity index (χ4n) is 1.06. The van der Waals surface area contributed by atoms with Crippen LogP contribution in [0.15, 0.2) is 0 Å². The van der Waals surface area contributed by atoms with Gasteiger partial charge in [-0.2, -0.15) is 5.26 Å². The first kappa shape index (κ1) is 15.7. The smallest absolute Gasteiger partial charge is 0.192 e. The summed E-state index contributed by atoms with van der Waals surface area (Å²) in [6.07, 6.45) is 1.53. The summed E-state index contributed by atoms with van der Waals surface area (Å²) in [4.78, 5) is 0. The van der Waals surface area contributed by atoms with E-state index in [-0.39, 0.29) is 10.5 Å². The molecule has 0 atom stereocenters. The minimum atomic E-state index is -1.64. The summed E-state index contributed by atoms with van der Waals surface area (Å²) in [5, 5.41) is 8.87. The van der Waals surface area contributed by atoms with Crippen LogP contribution < -0.4 is 0 Å². The van der Waals surface area contributed by atoms with Gasteiger partial charge in [0.25, 0.3) is 0 Å². The molecule has 0 spiro atoms. The Balaban J connectivity index is 4.29. The van der Waals surface area contributed by atoms with Crippen LogP contribution in [0.4, 0.5) is 0 Å². The minimum Gasteiger partial charge on any atom is -0.416 e. The Morgan fingerprint density at radius 1 is 1.12 bits per heavy atom. The third kappa shape index (κ3) is 5.13. The Kier molecular flexibility index (Phi) is 5.22. The highest BCUT2D eigenvalue weighted by Gasteiger charge is 2.38. The van der Waals surface area contributed by atoms with Gasteiger partial charge < -0.3 is 4.43 Å². The molecule has 0 aliphatic heterocycles. The van der Waals surface area contributed by atoms with Gasteiger partial charge in [0.15, 0.2) is 8.32 Å². The fourth-order valence-corrected chi connectivity index (χ4v) is 2.24. The molecule has 0 saturated heterocycles. The van der Waals surface area contributed by atoms with E-state index in [4.69, 9.17) is 9.69 Å². The van der Waals surface area contributed by atoms with Crippen LogP contribution in [-0.4, -0.2) is 14.9 Å². The lowest BCUT2D eigenvalue weighted by Gasteiger charge is -2.39. The van der Waals surface area contributed by atoms with E-state index in [0.717, 1.165) is 13.0 Å². The van der Waals surface area contributed by atoms with E-state index in [1.165, 1.54) is 0 Å². The standard InChI is InChI=1S/C13H27NOSi/c1-12(2,3)16(6,7)15-11-13(4,5)9-8-10-14/h8-9,11H2,1-7H3. The quantitative estimate of drug-likeness (QED) is 0.671. The summed E-state index contributed by atoms with van der Waals surface area (Å²) in [7, 11) is -1.64. The van der Waals surface area contributed by atoms with Gasteiger partial charge in [0, 0.05) is 13.0 Å². The molecule has 0 aromatic rings. The maximum absolute atomic E-state index is 8.60. The Morgan fingerprint density at radius 2 is 1.62 bits per heavy atom. The molecule has 0 amide bonds. The van der Waals surface area contributed by atoms with Gasteiger partial charge in [-0.25, -0.2) is 0 Å². The van der Waals surface area contributed by atoms with Crippen LogP contribution in [0, 0.1) is 16.7 Å². The fraction of sp³-hybridized carbons (Fsp3) is 0.923. The molecular weight excluding hydrogens is 214 g/mol. The van der Waals surface area contributed by atoms with Gasteiger partial charge in [-0.05, 0) is 30.0 Å². The summed E-state index contributed by atoms with van der Waals surface area (Å²) in [6, 6.07) is 2.21. The molecule has 0 unspecified atom stereocenters. The van der Waals surface area contributed by atoms with Gasteiger partial charge in [0.05, 0.1) is 6.07 Å². The molecule has 0 rings (SSSR count). The van der Waals surface area contributed by atoms with Crippen LogP contribution >= 0.6 is 0 Å².